The fraction of sp³-hybridized carbons (Fsp3) is 0.600. The molecule has 2 rings (SSSR count). The topological polar surface area (TPSA) is 84.2 Å². The molecular formula is C15H23N3O2S. The van der Waals surface area contributed by atoms with Gasteiger partial charge in [-0.05, 0) is 36.1 Å². The van der Waals surface area contributed by atoms with Crippen molar-refractivity contribution in [2.45, 2.75) is 38.8 Å². The van der Waals surface area contributed by atoms with Gasteiger partial charge in [-0.3, -0.25) is 9.59 Å². The van der Waals surface area contributed by atoms with E-state index in [1.54, 1.807) is 6.07 Å². The third-order valence-corrected chi connectivity index (χ3v) is 4.62. The van der Waals surface area contributed by atoms with Crippen molar-refractivity contribution < 1.29 is 9.59 Å². The van der Waals surface area contributed by atoms with Crippen LogP contribution in [-0.2, 0) is 4.79 Å². The Morgan fingerprint density at radius 1 is 1.38 bits per heavy atom. The fourth-order valence-corrected chi connectivity index (χ4v) is 2.92. The summed E-state index contributed by atoms with van der Waals surface area (Å²) in [6.45, 7) is 4.29. The van der Waals surface area contributed by atoms with Crippen LogP contribution in [0.5, 0.6) is 0 Å². The third kappa shape index (κ3) is 4.28. The van der Waals surface area contributed by atoms with Gasteiger partial charge in [0.05, 0.1) is 4.88 Å². The van der Waals surface area contributed by atoms with E-state index in [4.69, 9.17) is 5.73 Å². The van der Waals surface area contributed by atoms with Gasteiger partial charge < -0.3 is 16.4 Å². The Hall–Kier alpha value is -1.40. The summed E-state index contributed by atoms with van der Waals surface area (Å²) in [4.78, 5) is 25.2. The van der Waals surface area contributed by atoms with Crippen LogP contribution in [0.1, 0.15) is 36.4 Å². The molecule has 1 aliphatic rings. The van der Waals surface area contributed by atoms with Crippen molar-refractivity contribution in [1.29, 1.82) is 0 Å². The minimum Gasteiger partial charge on any atom is -0.350 e. The maximum atomic E-state index is 12.4. The molecule has 0 bridgehead atoms. The lowest BCUT2D eigenvalue weighted by Gasteiger charge is -2.24. The summed E-state index contributed by atoms with van der Waals surface area (Å²) in [5, 5.41) is 7.66. The number of amides is 2. The molecule has 2 amide bonds. The predicted octanol–water partition coefficient (Wildman–Crippen LogP) is 1.36. The molecule has 1 aromatic heterocycles. The summed E-state index contributed by atoms with van der Waals surface area (Å²) in [5.41, 5.74) is 5.72. The minimum atomic E-state index is -0.535. The lowest BCUT2D eigenvalue weighted by molar-refractivity contribution is -0.124. The quantitative estimate of drug-likeness (QED) is 0.711. The van der Waals surface area contributed by atoms with E-state index >= 15 is 0 Å². The van der Waals surface area contributed by atoms with Crippen molar-refractivity contribution >= 4 is 23.2 Å². The lowest BCUT2D eigenvalue weighted by Crippen LogP contribution is -2.53. The number of hydrogen-bond donors (Lipinski definition) is 3. The molecule has 1 heterocycles. The van der Waals surface area contributed by atoms with Crippen LogP contribution in [0.3, 0.4) is 0 Å². The molecule has 1 aromatic rings. The van der Waals surface area contributed by atoms with Gasteiger partial charge in [0.15, 0.2) is 0 Å². The first kappa shape index (κ1) is 16.0. The zero-order valence-electron chi connectivity index (χ0n) is 12.5. The number of carbonyl (C=O) groups excluding carboxylic acids is 2. The van der Waals surface area contributed by atoms with E-state index < -0.39 is 6.04 Å². The second-order valence-corrected chi connectivity index (χ2v) is 6.81. The van der Waals surface area contributed by atoms with Crippen LogP contribution in [0.25, 0.3) is 0 Å². The molecule has 0 spiro atoms. The molecule has 1 saturated carbocycles. The van der Waals surface area contributed by atoms with E-state index in [-0.39, 0.29) is 23.8 Å². The van der Waals surface area contributed by atoms with Crippen LogP contribution in [0.15, 0.2) is 17.5 Å². The molecule has 0 aliphatic heterocycles. The second-order valence-electron chi connectivity index (χ2n) is 5.86. The summed E-state index contributed by atoms with van der Waals surface area (Å²) < 4.78 is 0. The number of nitrogens with two attached hydrogens (primary N) is 1. The van der Waals surface area contributed by atoms with Crippen molar-refractivity contribution in [2.24, 2.45) is 17.6 Å². The zero-order chi connectivity index (χ0) is 15.4. The predicted molar refractivity (Wildman–Crippen MR) is 84.1 cm³/mol. The summed E-state index contributed by atoms with van der Waals surface area (Å²) >= 11 is 1.37. The number of hydrogen-bond acceptors (Lipinski definition) is 4. The molecule has 1 aliphatic carbocycles. The highest BCUT2D eigenvalue weighted by Crippen LogP contribution is 2.32. The molecule has 2 atom stereocenters. The molecule has 4 N–H and O–H groups in total. The van der Waals surface area contributed by atoms with Crippen LogP contribution in [0.2, 0.25) is 0 Å². The van der Waals surface area contributed by atoms with Crippen LogP contribution >= 0.6 is 11.3 Å². The Balaban J connectivity index is 1.97. The molecular weight excluding hydrogens is 286 g/mol. The summed E-state index contributed by atoms with van der Waals surface area (Å²) in [6, 6.07) is 3.06. The number of nitrogens with one attached hydrogen (secondary N) is 2. The normalized spacial score (nSPS) is 17.3. The van der Waals surface area contributed by atoms with Crippen molar-refractivity contribution in [3.63, 3.8) is 0 Å². The van der Waals surface area contributed by atoms with Gasteiger partial charge in [-0.15, -0.1) is 11.3 Å². The van der Waals surface area contributed by atoms with Crippen molar-refractivity contribution in [2.75, 3.05) is 6.54 Å². The van der Waals surface area contributed by atoms with E-state index in [2.05, 4.69) is 10.6 Å². The van der Waals surface area contributed by atoms with E-state index in [0.29, 0.717) is 17.3 Å². The summed E-state index contributed by atoms with van der Waals surface area (Å²) in [5.74, 6) is 0.179. The van der Waals surface area contributed by atoms with Gasteiger partial charge >= 0.3 is 0 Å². The minimum absolute atomic E-state index is 0.0199. The highest BCUT2D eigenvalue weighted by molar-refractivity contribution is 7.12. The monoisotopic (exact) mass is 309 g/mol. The summed E-state index contributed by atoms with van der Waals surface area (Å²) in [7, 11) is 0. The lowest BCUT2D eigenvalue weighted by atomic mass is 10.0. The van der Waals surface area contributed by atoms with Gasteiger partial charge in [0, 0.05) is 12.6 Å². The maximum Gasteiger partial charge on any atom is 0.262 e. The van der Waals surface area contributed by atoms with Gasteiger partial charge in [-0.1, -0.05) is 19.9 Å². The van der Waals surface area contributed by atoms with Crippen molar-refractivity contribution in [3.8, 4) is 0 Å². The number of thiophene rings is 1. The van der Waals surface area contributed by atoms with Gasteiger partial charge in [0.1, 0.15) is 6.04 Å². The molecule has 0 saturated heterocycles. The van der Waals surface area contributed by atoms with E-state index in [0.717, 1.165) is 12.8 Å². The summed E-state index contributed by atoms with van der Waals surface area (Å²) in [6.07, 6.45) is 2.24. The third-order valence-electron chi connectivity index (χ3n) is 3.75. The molecule has 5 nitrogen and oxygen atoms in total. The number of carbonyl (C=O) groups is 2. The Kier molecular flexibility index (Phi) is 5.36. The van der Waals surface area contributed by atoms with Gasteiger partial charge in [0.25, 0.3) is 5.91 Å². The molecule has 2 unspecified atom stereocenters. The average Bonchev–Trinajstić information content (AvgIpc) is 3.14. The molecule has 21 heavy (non-hydrogen) atoms. The fourth-order valence-electron chi connectivity index (χ4n) is 2.30. The zero-order valence-corrected chi connectivity index (χ0v) is 13.3. The Morgan fingerprint density at radius 2 is 2.10 bits per heavy atom. The van der Waals surface area contributed by atoms with E-state index in [1.165, 1.54) is 11.3 Å². The van der Waals surface area contributed by atoms with Crippen molar-refractivity contribution in [1.82, 2.24) is 10.6 Å². The average molecular weight is 309 g/mol. The van der Waals surface area contributed by atoms with Crippen LogP contribution in [0.4, 0.5) is 0 Å². The van der Waals surface area contributed by atoms with Gasteiger partial charge in [-0.2, -0.15) is 0 Å². The van der Waals surface area contributed by atoms with Gasteiger partial charge in [0.2, 0.25) is 5.91 Å². The van der Waals surface area contributed by atoms with Crippen molar-refractivity contribution in [3.05, 3.63) is 22.4 Å². The maximum absolute atomic E-state index is 12.4. The highest BCUT2D eigenvalue weighted by atomic mass is 32.1. The van der Waals surface area contributed by atoms with E-state index in [1.807, 2.05) is 25.3 Å². The smallest absolute Gasteiger partial charge is 0.262 e. The Labute approximate surface area is 129 Å². The molecule has 0 aromatic carbocycles. The first-order valence-electron chi connectivity index (χ1n) is 7.37. The largest absolute Gasteiger partial charge is 0.350 e. The van der Waals surface area contributed by atoms with Crippen LogP contribution in [0, 0.1) is 11.8 Å². The Bertz CT molecular complexity index is 483. The van der Waals surface area contributed by atoms with Crippen LogP contribution < -0.4 is 16.4 Å². The molecule has 116 valence electrons. The van der Waals surface area contributed by atoms with Crippen LogP contribution in [-0.4, -0.2) is 30.4 Å². The molecule has 6 heteroatoms. The standard InChI is InChI=1S/C15H23N3O2S/c1-9(2)13(18-14(19)12-4-3-7-21-12)15(20)17-11(8-16)10-5-6-10/h3-4,7,9-11,13H,5-6,8,16H2,1-2H3,(H,17,20)(H,18,19). The SMILES string of the molecule is CC(C)C(NC(=O)c1cccs1)C(=O)NC(CN)C1CC1. The molecule has 0 radical (unpaired) electrons. The first-order chi connectivity index (χ1) is 10.0. The van der Waals surface area contributed by atoms with Gasteiger partial charge in [-0.25, -0.2) is 0 Å². The first-order valence-corrected chi connectivity index (χ1v) is 8.25. The highest BCUT2D eigenvalue weighted by Gasteiger charge is 2.34. The second kappa shape index (κ2) is 7.04. The van der Waals surface area contributed by atoms with E-state index in [9.17, 15) is 9.59 Å². The molecule has 1 fully saturated rings. The Morgan fingerprint density at radius 3 is 2.57 bits per heavy atom. The number of rotatable bonds is 7.